The van der Waals surface area contributed by atoms with Crippen LogP contribution < -0.4 is 10.6 Å². The van der Waals surface area contributed by atoms with E-state index in [1.54, 1.807) is 6.07 Å². The maximum absolute atomic E-state index is 14.9. The van der Waals surface area contributed by atoms with Gasteiger partial charge in [-0.25, -0.2) is 22.8 Å². The van der Waals surface area contributed by atoms with Gasteiger partial charge in [-0.15, -0.1) is 11.3 Å². The number of sulfone groups is 1. The molecule has 1 aliphatic carbocycles. The fourth-order valence-electron chi connectivity index (χ4n) is 3.36. The summed E-state index contributed by atoms with van der Waals surface area (Å²) in [7, 11) is -4.01. The van der Waals surface area contributed by atoms with Crippen molar-refractivity contribution in [2.45, 2.75) is 43.2 Å². The maximum atomic E-state index is 14.9. The van der Waals surface area contributed by atoms with E-state index < -0.39 is 38.0 Å². The molecule has 1 aliphatic rings. The zero-order chi connectivity index (χ0) is 25.3. The first kappa shape index (κ1) is 24.7. The Hall–Kier alpha value is -3.43. The van der Waals surface area contributed by atoms with Gasteiger partial charge in [-0.2, -0.15) is 5.26 Å². The molecule has 1 atom stereocenters. The third kappa shape index (κ3) is 5.31. The van der Waals surface area contributed by atoms with Gasteiger partial charge in [0.2, 0.25) is 11.8 Å². The molecular weight excluding hydrogens is 493 g/mol. The SMILES string of the molecule is CC(C)S(=O)(=O)C(C(=O)NCC(=O)NC1CC1)c1nc2cc(F)c(-c3ccc(C#N)nc3)cc2s1. The number of nitriles is 1. The fourth-order valence-corrected chi connectivity index (χ4v) is 6.14. The number of amides is 2. The molecule has 1 saturated carbocycles. The van der Waals surface area contributed by atoms with Gasteiger partial charge in [-0.1, -0.05) is 0 Å². The lowest BCUT2D eigenvalue weighted by Gasteiger charge is -2.17. The van der Waals surface area contributed by atoms with E-state index in [0.29, 0.717) is 10.3 Å². The van der Waals surface area contributed by atoms with E-state index in [1.165, 1.54) is 38.2 Å². The number of benzene rings is 1. The molecule has 3 aromatic rings. The Morgan fingerprint density at radius 1 is 1.29 bits per heavy atom. The smallest absolute Gasteiger partial charge is 0.245 e. The average Bonchev–Trinajstić information content (AvgIpc) is 3.54. The number of hydrogen-bond donors (Lipinski definition) is 2. The van der Waals surface area contributed by atoms with Gasteiger partial charge in [0.15, 0.2) is 15.1 Å². The Morgan fingerprint density at radius 3 is 2.63 bits per heavy atom. The minimum atomic E-state index is -4.01. The highest BCUT2D eigenvalue weighted by molar-refractivity contribution is 7.93. The Bertz CT molecular complexity index is 1440. The van der Waals surface area contributed by atoms with Crippen molar-refractivity contribution in [3.63, 3.8) is 0 Å². The molecule has 0 radical (unpaired) electrons. The number of carbonyl (C=O) groups excluding carboxylic acids is 2. The molecule has 182 valence electrons. The third-order valence-corrected chi connectivity index (χ3v) is 9.14. The molecule has 0 spiro atoms. The van der Waals surface area contributed by atoms with Gasteiger partial charge >= 0.3 is 0 Å². The van der Waals surface area contributed by atoms with E-state index in [2.05, 4.69) is 20.6 Å². The van der Waals surface area contributed by atoms with Crippen molar-refractivity contribution in [1.29, 1.82) is 5.26 Å². The molecule has 0 aliphatic heterocycles. The fraction of sp³-hybridized carbons (Fsp3) is 0.348. The predicted molar refractivity (Wildman–Crippen MR) is 128 cm³/mol. The first-order valence-corrected chi connectivity index (χ1v) is 13.3. The summed E-state index contributed by atoms with van der Waals surface area (Å²) >= 11 is 0.967. The van der Waals surface area contributed by atoms with Crippen LogP contribution in [0.2, 0.25) is 0 Å². The van der Waals surface area contributed by atoms with Crippen LogP contribution in [-0.2, 0) is 19.4 Å². The van der Waals surface area contributed by atoms with E-state index in [1.807, 2.05) is 6.07 Å². The zero-order valence-corrected chi connectivity index (χ0v) is 20.5. The second kappa shape index (κ2) is 9.67. The summed E-state index contributed by atoms with van der Waals surface area (Å²) in [5, 5.41) is 11.5. The van der Waals surface area contributed by atoms with Crippen molar-refractivity contribution >= 4 is 43.2 Å². The van der Waals surface area contributed by atoms with Crippen LogP contribution in [0.1, 0.15) is 42.6 Å². The Kier molecular flexibility index (Phi) is 6.82. The third-order valence-electron chi connectivity index (χ3n) is 5.50. The highest BCUT2D eigenvalue weighted by Crippen LogP contribution is 2.36. The number of nitrogens with zero attached hydrogens (tertiary/aromatic N) is 3. The summed E-state index contributed by atoms with van der Waals surface area (Å²) in [6, 6.07) is 7.70. The van der Waals surface area contributed by atoms with Gasteiger partial charge in [0.05, 0.1) is 22.0 Å². The van der Waals surface area contributed by atoms with Crippen molar-refractivity contribution in [2.75, 3.05) is 6.54 Å². The van der Waals surface area contributed by atoms with Gasteiger partial charge in [-0.05, 0) is 44.9 Å². The number of rotatable bonds is 8. The first-order valence-electron chi connectivity index (χ1n) is 10.9. The summed E-state index contributed by atoms with van der Waals surface area (Å²) in [5.74, 6) is -1.86. The maximum Gasteiger partial charge on any atom is 0.245 e. The Morgan fingerprint density at radius 2 is 2.03 bits per heavy atom. The summed E-state index contributed by atoms with van der Waals surface area (Å²) in [6.45, 7) is 2.56. The molecule has 1 aromatic carbocycles. The van der Waals surface area contributed by atoms with Crippen molar-refractivity contribution in [3.05, 3.63) is 47.0 Å². The van der Waals surface area contributed by atoms with Crippen molar-refractivity contribution in [3.8, 4) is 17.2 Å². The first-order chi connectivity index (χ1) is 16.6. The molecule has 0 bridgehead atoms. The molecule has 12 heteroatoms. The molecule has 9 nitrogen and oxygen atoms in total. The van der Waals surface area contributed by atoms with E-state index in [9.17, 15) is 22.4 Å². The largest absolute Gasteiger partial charge is 0.352 e. The van der Waals surface area contributed by atoms with Gasteiger partial charge in [-0.3, -0.25) is 9.59 Å². The molecular formula is C23H22FN5O4S2. The highest BCUT2D eigenvalue weighted by Gasteiger charge is 2.39. The summed E-state index contributed by atoms with van der Waals surface area (Å²) < 4.78 is 41.5. The zero-order valence-electron chi connectivity index (χ0n) is 18.9. The lowest BCUT2D eigenvalue weighted by molar-refractivity contribution is -0.126. The molecule has 4 rings (SSSR count). The Labute approximate surface area is 205 Å². The number of fused-ring (bicyclic) bond motifs is 1. The Balaban J connectivity index is 1.68. The number of nitrogens with one attached hydrogen (secondary N) is 2. The van der Waals surface area contributed by atoms with Crippen LogP contribution in [0.25, 0.3) is 21.3 Å². The minimum absolute atomic E-state index is 0.0108. The van der Waals surface area contributed by atoms with E-state index in [0.717, 1.165) is 24.2 Å². The molecule has 1 fully saturated rings. The molecule has 2 N–H and O–H groups in total. The van der Waals surface area contributed by atoms with Crippen LogP contribution in [0.3, 0.4) is 0 Å². The number of halogens is 1. The number of aromatic nitrogens is 2. The van der Waals surface area contributed by atoms with Crippen LogP contribution in [0.15, 0.2) is 30.5 Å². The van der Waals surface area contributed by atoms with Gasteiger partial charge < -0.3 is 10.6 Å². The molecule has 35 heavy (non-hydrogen) atoms. The molecule has 2 heterocycles. The molecule has 0 saturated heterocycles. The quantitative estimate of drug-likeness (QED) is 0.470. The molecule has 2 aromatic heterocycles. The van der Waals surface area contributed by atoms with Crippen molar-refractivity contribution in [2.24, 2.45) is 0 Å². The number of pyridine rings is 1. The van der Waals surface area contributed by atoms with Crippen molar-refractivity contribution in [1.82, 2.24) is 20.6 Å². The van der Waals surface area contributed by atoms with Crippen LogP contribution in [0.5, 0.6) is 0 Å². The highest BCUT2D eigenvalue weighted by atomic mass is 32.2. The summed E-state index contributed by atoms with van der Waals surface area (Å²) in [4.78, 5) is 33.2. The van der Waals surface area contributed by atoms with Crippen LogP contribution >= 0.6 is 11.3 Å². The number of thiazole rings is 1. The second-order valence-electron chi connectivity index (χ2n) is 8.47. The molecule has 1 unspecified atom stereocenters. The number of hydrogen-bond acceptors (Lipinski definition) is 8. The monoisotopic (exact) mass is 515 g/mol. The lowest BCUT2D eigenvalue weighted by atomic mass is 10.1. The normalized spacial score (nSPS) is 14.5. The van der Waals surface area contributed by atoms with Crippen LogP contribution in [-0.4, -0.2) is 48.0 Å². The van der Waals surface area contributed by atoms with Gasteiger partial charge in [0, 0.05) is 29.4 Å². The topological polar surface area (TPSA) is 142 Å². The van der Waals surface area contributed by atoms with E-state index >= 15 is 0 Å². The average molecular weight is 516 g/mol. The lowest BCUT2D eigenvalue weighted by Crippen LogP contribution is -2.42. The standard InChI is InChI=1S/C23H22FN5O4S2/c1-12(2)35(32,33)21(22(31)27-11-20(30)28-14-5-6-14)23-29-18-8-17(24)16(7-19(18)34-23)13-3-4-15(9-25)26-10-13/h3-4,7-8,10,12,14,21H,5-6,11H2,1-2H3,(H,27,31)(H,28,30). The second-order valence-corrected chi connectivity index (χ2v) is 12.1. The van der Waals surface area contributed by atoms with Crippen molar-refractivity contribution < 1.29 is 22.4 Å². The molecule has 2 amide bonds. The summed E-state index contributed by atoms with van der Waals surface area (Å²) in [6.07, 6.45) is 3.14. The minimum Gasteiger partial charge on any atom is -0.352 e. The summed E-state index contributed by atoms with van der Waals surface area (Å²) in [5.41, 5.74) is 1.03. The van der Waals surface area contributed by atoms with E-state index in [-0.39, 0.29) is 34.4 Å². The van der Waals surface area contributed by atoms with Gasteiger partial charge in [0.1, 0.15) is 22.6 Å². The van der Waals surface area contributed by atoms with Gasteiger partial charge in [0.25, 0.3) is 0 Å². The number of carbonyl (C=O) groups is 2. The predicted octanol–water partition coefficient (Wildman–Crippen LogP) is 2.63. The van der Waals surface area contributed by atoms with Crippen LogP contribution in [0, 0.1) is 17.1 Å². The van der Waals surface area contributed by atoms with E-state index in [4.69, 9.17) is 5.26 Å². The van der Waals surface area contributed by atoms with Crippen LogP contribution in [0.4, 0.5) is 4.39 Å².